The van der Waals surface area contributed by atoms with Crippen molar-refractivity contribution < 1.29 is 9.53 Å². The van der Waals surface area contributed by atoms with Gasteiger partial charge in [0.15, 0.2) is 0 Å². The summed E-state index contributed by atoms with van der Waals surface area (Å²) in [5, 5.41) is 3.50. The van der Waals surface area contributed by atoms with Gasteiger partial charge >= 0.3 is 0 Å². The first-order valence-corrected chi connectivity index (χ1v) is 11.3. The first-order valence-electron chi connectivity index (χ1n) is 10.9. The fourth-order valence-electron chi connectivity index (χ4n) is 3.80. The minimum atomic E-state index is -0.151. The molecule has 6 heteroatoms. The third-order valence-electron chi connectivity index (χ3n) is 5.36. The summed E-state index contributed by atoms with van der Waals surface area (Å²) in [5.74, 6) is 1.63. The molecule has 0 spiro atoms. The number of carbonyl (C=O) groups is 1. The Bertz CT molecular complexity index is 1270. The van der Waals surface area contributed by atoms with E-state index in [9.17, 15) is 4.79 Å². The maximum Gasteiger partial charge on any atom is 0.251 e. The van der Waals surface area contributed by atoms with E-state index in [4.69, 9.17) is 21.3 Å². The molecular formula is C27H26ClN3O2. The van der Waals surface area contributed by atoms with E-state index in [1.165, 1.54) is 0 Å². The fourth-order valence-corrected chi connectivity index (χ4v) is 3.99. The van der Waals surface area contributed by atoms with E-state index in [0.717, 1.165) is 34.6 Å². The first-order chi connectivity index (χ1) is 16.2. The molecule has 1 aromatic heterocycles. The minimum absolute atomic E-state index is 0.151. The van der Waals surface area contributed by atoms with Crippen molar-refractivity contribution in [2.24, 2.45) is 0 Å². The Morgan fingerprint density at radius 3 is 2.76 bits per heavy atom. The van der Waals surface area contributed by atoms with Crippen LogP contribution in [-0.2, 0) is 19.4 Å². The number of nitrogens with zero attached hydrogens (tertiary/aromatic N) is 2. The number of amides is 1. The van der Waals surface area contributed by atoms with Gasteiger partial charge in [0.25, 0.3) is 5.91 Å². The molecule has 33 heavy (non-hydrogen) atoms. The minimum Gasteiger partial charge on any atom is -0.491 e. The highest BCUT2D eigenvalue weighted by atomic mass is 35.5. The van der Waals surface area contributed by atoms with Crippen LogP contribution in [0.4, 0.5) is 0 Å². The van der Waals surface area contributed by atoms with E-state index < -0.39 is 0 Å². The Balaban J connectivity index is 1.43. The van der Waals surface area contributed by atoms with Crippen LogP contribution >= 0.6 is 11.6 Å². The van der Waals surface area contributed by atoms with Gasteiger partial charge in [-0.1, -0.05) is 54.1 Å². The topological polar surface area (TPSA) is 56.1 Å². The third-order valence-corrected chi connectivity index (χ3v) is 5.60. The monoisotopic (exact) mass is 459 g/mol. The van der Waals surface area contributed by atoms with Gasteiger partial charge in [-0.2, -0.15) is 0 Å². The number of hydrogen-bond donors (Lipinski definition) is 1. The number of nitrogens with one attached hydrogen (secondary N) is 1. The Morgan fingerprint density at radius 2 is 1.91 bits per heavy atom. The van der Waals surface area contributed by atoms with Crippen LogP contribution < -0.4 is 10.1 Å². The van der Waals surface area contributed by atoms with Gasteiger partial charge in [0.2, 0.25) is 0 Å². The molecule has 0 aliphatic carbocycles. The molecule has 3 aromatic carbocycles. The van der Waals surface area contributed by atoms with Crippen LogP contribution in [0.1, 0.15) is 21.7 Å². The maximum atomic E-state index is 12.4. The molecule has 0 radical (unpaired) electrons. The van der Waals surface area contributed by atoms with E-state index in [-0.39, 0.29) is 5.91 Å². The summed E-state index contributed by atoms with van der Waals surface area (Å²) in [7, 11) is 0. The van der Waals surface area contributed by atoms with E-state index in [2.05, 4.69) is 28.6 Å². The zero-order valence-corrected chi connectivity index (χ0v) is 19.1. The molecule has 0 fully saturated rings. The molecule has 1 heterocycles. The lowest BCUT2D eigenvalue weighted by molar-refractivity contribution is 0.0954. The lowest BCUT2D eigenvalue weighted by atomic mass is 10.1. The number of aromatic nitrogens is 2. The zero-order chi connectivity index (χ0) is 23.0. The molecule has 0 saturated heterocycles. The lowest BCUT2D eigenvalue weighted by Gasteiger charge is -2.13. The Morgan fingerprint density at radius 1 is 1.09 bits per heavy atom. The smallest absolute Gasteiger partial charge is 0.251 e. The number of carbonyl (C=O) groups excluding carboxylic acids is 1. The molecule has 168 valence electrons. The van der Waals surface area contributed by atoms with Crippen molar-refractivity contribution in [1.82, 2.24) is 14.9 Å². The van der Waals surface area contributed by atoms with Crippen LogP contribution in [0, 0.1) is 0 Å². The number of allylic oxidation sites excluding steroid dienone is 1. The average Bonchev–Trinajstić information content (AvgIpc) is 3.17. The summed E-state index contributed by atoms with van der Waals surface area (Å²) in [4.78, 5) is 17.2. The molecule has 4 aromatic rings. The van der Waals surface area contributed by atoms with E-state index in [1.807, 2.05) is 42.5 Å². The van der Waals surface area contributed by atoms with Crippen molar-refractivity contribution in [2.45, 2.75) is 19.4 Å². The van der Waals surface area contributed by atoms with Crippen LogP contribution in [0.5, 0.6) is 5.75 Å². The number of imidazole rings is 1. The normalized spacial score (nSPS) is 10.8. The Kier molecular flexibility index (Phi) is 7.43. The van der Waals surface area contributed by atoms with Crippen LogP contribution in [0.25, 0.3) is 11.0 Å². The fraction of sp³-hybridized carbons (Fsp3) is 0.185. The quantitative estimate of drug-likeness (QED) is 0.320. The molecule has 0 bridgehead atoms. The van der Waals surface area contributed by atoms with Gasteiger partial charge in [-0.3, -0.25) is 4.79 Å². The van der Waals surface area contributed by atoms with Gasteiger partial charge in [-0.05, 0) is 48.4 Å². The predicted molar refractivity (Wildman–Crippen MR) is 133 cm³/mol. The number of halogens is 1. The molecule has 1 amide bonds. The van der Waals surface area contributed by atoms with E-state index in [1.54, 1.807) is 24.3 Å². The SMILES string of the molecule is C=CCc1ccccc1OCCn1c(CCNC(=O)c2cccc(Cl)c2)nc2ccccc21. The highest BCUT2D eigenvalue weighted by molar-refractivity contribution is 6.30. The molecule has 0 atom stereocenters. The summed E-state index contributed by atoms with van der Waals surface area (Å²) < 4.78 is 8.26. The molecule has 5 nitrogen and oxygen atoms in total. The number of hydrogen-bond acceptors (Lipinski definition) is 3. The summed E-state index contributed by atoms with van der Waals surface area (Å²) in [6.07, 6.45) is 3.25. The Labute approximate surface area is 198 Å². The summed E-state index contributed by atoms with van der Waals surface area (Å²) in [5.41, 5.74) is 3.65. The van der Waals surface area contributed by atoms with Gasteiger partial charge in [0.05, 0.1) is 17.6 Å². The second-order valence-electron chi connectivity index (χ2n) is 7.63. The van der Waals surface area contributed by atoms with Crippen molar-refractivity contribution in [3.05, 3.63) is 107 Å². The average molecular weight is 460 g/mol. The third kappa shape index (κ3) is 5.62. The second kappa shape index (κ2) is 10.8. The molecule has 1 N–H and O–H groups in total. The van der Waals surface area contributed by atoms with Gasteiger partial charge in [0.1, 0.15) is 18.2 Å². The highest BCUT2D eigenvalue weighted by Crippen LogP contribution is 2.20. The number of benzene rings is 3. The van der Waals surface area contributed by atoms with Gasteiger partial charge in [-0.25, -0.2) is 4.98 Å². The number of rotatable bonds is 10. The lowest BCUT2D eigenvalue weighted by Crippen LogP contribution is -2.26. The van der Waals surface area contributed by atoms with Crippen LogP contribution in [0.3, 0.4) is 0 Å². The molecule has 0 unspecified atom stereocenters. The van der Waals surface area contributed by atoms with Crippen molar-refractivity contribution in [2.75, 3.05) is 13.2 Å². The van der Waals surface area contributed by atoms with Crippen LogP contribution in [0.15, 0.2) is 85.5 Å². The van der Waals surface area contributed by atoms with Crippen molar-refractivity contribution >= 4 is 28.5 Å². The molecule has 0 saturated carbocycles. The number of para-hydroxylation sites is 3. The van der Waals surface area contributed by atoms with Gasteiger partial charge in [-0.15, -0.1) is 6.58 Å². The summed E-state index contributed by atoms with van der Waals surface area (Å²) in [6.45, 7) is 5.46. The molecule has 4 rings (SSSR count). The molecule has 0 aliphatic rings. The van der Waals surface area contributed by atoms with E-state index in [0.29, 0.717) is 36.7 Å². The molecular weight excluding hydrogens is 434 g/mol. The van der Waals surface area contributed by atoms with Crippen LogP contribution in [-0.4, -0.2) is 28.6 Å². The number of fused-ring (bicyclic) bond motifs is 1. The van der Waals surface area contributed by atoms with Crippen molar-refractivity contribution in [1.29, 1.82) is 0 Å². The van der Waals surface area contributed by atoms with Crippen molar-refractivity contribution in [3.63, 3.8) is 0 Å². The largest absolute Gasteiger partial charge is 0.491 e. The maximum absolute atomic E-state index is 12.4. The Hall–Kier alpha value is -3.57. The second-order valence-corrected chi connectivity index (χ2v) is 8.07. The summed E-state index contributed by atoms with van der Waals surface area (Å²) >= 11 is 5.99. The van der Waals surface area contributed by atoms with Gasteiger partial charge in [0, 0.05) is 23.6 Å². The van der Waals surface area contributed by atoms with Gasteiger partial charge < -0.3 is 14.6 Å². The standard InChI is InChI=1S/C27H26ClN3O2/c1-2-8-20-9-3-6-14-25(20)33-18-17-31-24-13-5-4-12-23(24)30-26(31)15-16-29-27(32)21-10-7-11-22(28)19-21/h2-7,9-14,19H,1,8,15-18H2,(H,29,32). The van der Waals surface area contributed by atoms with Crippen LogP contribution in [0.2, 0.25) is 5.02 Å². The molecule has 0 aliphatic heterocycles. The van der Waals surface area contributed by atoms with E-state index >= 15 is 0 Å². The predicted octanol–water partition coefficient (Wildman–Crippen LogP) is 5.47. The first kappa shape index (κ1) is 22.6. The zero-order valence-electron chi connectivity index (χ0n) is 18.3. The van der Waals surface area contributed by atoms with Crippen molar-refractivity contribution in [3.8, 4) is 5.75 Å². The number of ether oxygens (including phenoxy) is 1. The highest BCUT2D eigenvalue weighted by Gasteiger charge is 2.12. The summed E-state index contributed by atoms with van der Waals surface area (Å²) in [6, 6.07) is 23.0.